The molecule has 0 aliphatic heterocycles. The van der Waals surface area contributed by atoms with Crippen LogP contribution in [0.2, 0.25) is 0 Å². The van der Waals surface area contributed by atoms with Crippen molar-refractivity contribution in [2.75, 3.05) is 13.2 Å². The van der Waals surface area contributed by atoms with E-state index in [9.17, 15) is 9.59 Å². The topological polar surface area (TPSA) is 52.6 Å². The molecule has 2 aromatic carbocycles. The molecule has 0 aliphatic rings. The quantitative estimate of drug-likeness (QED) is 0.377. The number of benzene rings is 2. The maximum absolute atomic E-state index is 13.3. The van der Waals surface area contributed by atoms with E-state index in [1.807, 2.05) is 26.0 Å². The van der Waals surface area contributed by atoms with E-state index in [0.717, 1.165) is 0 Å². The summed E-state index contributed by atoms with van der Waals surface area (Å²) >= 11 is 0. The Hall–Kier alpha value is -2.88. The highest BCUT2D eigenvalue weighted by Crippen LogP contribution is 2.35. The van der Waals surface area contributed by atoms with Gasteiger partial charge >= 0.3 is 11.9 Å². The molecule has 0 aromatic heterocycles. The van der Waals surface area contributed by atoms with Gasteiger partial charge in [0.15, 0.2) is 0 Å². The summed E-state index contributed by atoms with van der Waals surface area (Å²) in [5, 5.41) is 0. The molecule has 0 saturated carbocycles. The molecule has 0 fully saturated rings. The Kier molecular flexibility index (Phi) is 7.35. The lowest BCUT2D eigenvalue weighted by atomic mass is 9.74. The number of ether oxygens (including phenoxy) is 2. The first-order valence-corrected chi connectivity index (χ1v) is 9.09. The van der Waals surface area contributed by atoms with Crippen LogP contribution in [0.1, 0.15) is 31.4 Å². The molecule has 0 radical (unpaired) electrons. The summed E-state index contributed by atoms with van der Waals surface area (Å²) in [5.41, 5.74) is -0.651. The van der Waals surface area contributed by atoms with Crippen LogP contribution in [0.5, 0.6) is 0 Å². The van der Waals surface area contributed by atoms with Gasteiger partial charge in [0.1, 0.15) is 6.61 Å². The SMILES string of the molecule is C=CCOC(=O)C(C(=O)OCCC(C)C)(c1ccccc1)c1ccccc1. The van der Waals surface area contributed by atoms with E-state index < -0.39 is 17.4 Å². The fourth-order valence-corrected chi connectivity index (χ4v) is 2.84. The highest BCUT2D eigenvalue weighted by atomic mass is 16.6. The summed E-state index contributed by atoms with van der Waals surface area (Å²) in [4.78, 5) is 26.5. The third kappa shape index (κ3) is 4.64. The summed E-state index contributed by atoms with van der Waals surface area (Å²) in [7, 11) is 0. The molecule has 0 aliphatic carbocycles. The van der Waals surface area contributed by atoms with Gasteiger partial charge in [-0.1, -0.05) is 87.2 Å². The summed E-state index contributed by atoms with van der Waals surface area (Å²) in [6, 6.07) is 17.8. The van der Waals surface area contributed by atoms with Crippen LogP contribution < -0.4 is 0 Å². The normalized spacial score (nSPS) is 11.1. The van der Waals surface area contributed by atoms with Crippen LogP contribution in [0.15, 0.2) is 73.3 Å². The number of hydrogen-bond acceptors (Lipinski definition) is 4. The second-order valence-corrected chi connectivity index (χ2v) is 6.69. The fraction of sp³-hybridized carbons (Fsp3) is 0.304. The fourth-order valence-electron chi connectivity index (χ4n) is 2.84. The first-order valence-electron chi connectivity index (χ1n) is 9.09. The van der Waals surface area contributed by atoms with Crippen molar-refractivity contribution in [1.29, 1.82) is 0 Å². The zero-order chi connectivity index (χ0) is 19.7. The molecule has 0 atom stereocenters. The first kappa shape index (κ1) is 20.4. The molecular formula is C23H26O4. The molecule has 4 heteroatoms. The van der Waals surface area contributed by atoms with Crippen molar-refractivity contribution in [3.8, 4) is 0 Å². The Morgan fingerprint density at radius 2 is 1.41 bits per heavy atom. The van der Waals surface area contributed by atoms with Gasteiger partial charge in [-0.25, -0.2) is 0 Å². The van der Waals surface area contributed by atoms with Crippen LogP contribution in [-0.4, -0.2) is 25.2 Å². The molecule has 0 N–H and O–H groups in total. The van der Waals surface area contributed by atoms with E-state index in [2.05, 4.69) is 6.58 Å². The van der Waals surface area contributed by atoms with Gasteiger partial charge < -0.3 is 9.47 Å². The minimum Gasteiger partial charge on any atom is -0.464 e. The third-order valence-corrected chi connectivity index (χ3v) is 4.29. The lowest BCUT2D eigenvalue weighted by Crippen LogP contribution is -2.47. The lowest BCUT2D eigenvalue weighted by Gasteiger charge is -2.30. The van der Waals surface area contributed by atoms with Crippen molar-refractivity contribution in [3.63, 3.8) is 0 Å². The van der Waals surface area contributed by atoms with E-state index >= 15 is 0 Å². The summed E-state index contributed by atoms with van der Waals surface area (Å²) in [6.45, 7) is 7.94. The smallest absolute Gasteiger partial charge is 0.333 e. The number of rotatable bonds is 9. The lowest BCUT2D eigenvalue weighted by molar-refractivity contribution is -0.162. The molecule has 27 heavy (non-hydrogen) atoms. The van der Waals surface area contributed by atoms with Crippen LogP contribution in [0.4, 0.5) is 0 Å². The largest absolute Gasteiger partial charge is 0.464 e. The molecule has 0 bridgehead atoms. The predicted octanol–water partition coefficient (Wildman–Crippen LogP) is 4.29. The molecule has 2 aromatic rings. The van der Waals surface area contributed by atoms with Gasteiger partial charge in [-0.2, -0.15) is 0 Å². The van der Waals surface area contributed by atoms with Crippen LogP contribution >= 0.6 is 0 Å². The first-order chi connectivity index (χ1) is 13.0. The van der Waals surface area contributed by atoms with Gasteiger partial charge in [-0.15, -0.1) is 0 Å². The Balaban J connectivity index is 2.57. The van der Waals surface area contributed by atoms with Gasteiger partial charge in [0.2, 0.25) is 5.41 Å². The van der Waals surface area contributed by atoms with E-state index in [-0.39, 0.29) is 13.2 Å². The van der Waals surface area contributed by atoms with Crippen molar-refractivity contribution in [3.05, 3.63) is 84.4 Å². The van der Waals surface area contributed by atoms with Crippen molar-refractivity contribution in [2.45, 2.75) is 25.7 Å². The van der Waals surface area contributed by atoms with E-state index in [0.29, 0.717) is 23.5 Å². The molecular weight excluding hydrogens is 340 g/mol. The molecule has 0 heterocycles. The molecule has 0 unspecified atom stereocenters. The van der Waals surface area contributed by atoms with Gasteiger partial charge in [-0.3, -0.25) is 9.59 Å². The summed E-state index contributed by atoms with van der Waals surface area (Å²) in [6.07, 6.45) is 2.19. The van der Waals surface area contributed by atoms with Crippen molar-refractivity contribution in [1.82, 2.24) is 0 Å². The molecule has 142 valence electrons. The highest BCUT2D eigenvalue weighted by Gasteiger charge is 2.52. The number of esters is 2. The van der Waals surface area contributed by atoms with Crippen molar-refractivity contribution in [2.24, 2.45) is 5.92 Å². The monoisotopic (exact) mass is 366 g/mol. The standard InChI is InChI=1S/C23H26O4/c1-4-16-26-21(24)23(19-11-7-5-8-12-19,20-13-9-6-10-14-20)22(25)27-17-15-18(2)3/h4-14,18H,1,15-17H2,2-3H3. The maximum atomic E-state index is 13.3. The van der Waals surface area contributed by atoms with Gasteiger partial charge in [0.05, 0.1) is 6.61 Å². The molecule has 0 amide bonds. The van der Waals surface area contributed by atoms with E-state index in [4.69, 9.17) is 9.47 Å². The van der Waals surface area contributed by atoms with Gasteiger partial charge in [-0.05, 0) is 23.5 Å². The Morgan fingerprint density at radius 3 is 1.85 bits per heavy atom. The minimum atomic E-state index is -1.68. The van der Waals surface area contributed by atoms with Gasteiger partial charge in [0.25, 0.3) is 0 Å². The van der Waals surface area contributed by atoms with Crippen LogP contribution in [0, 0.1) is 5.92 Å². The third-order valence-electron chi connectivity index (χ3n) is 4.29. The van der Waals surface area contributed by atoms with E-state index in [1.165, 1.54) is 6.08 Å². The zero-order valence-electron chi connectivity index (χ0n) is 15.9. The molecule has 0 saturated heterocycles. The molecule has 2 rings (SSSR count). The average Bonchev–Trinajstić information content (AvgIpc) is 2.68. The number of carbonyl (C=O) groups excluding carboxylic acids is 2. The summed E-state index contributed by atoms with van der Waals surface area (Å²) < 4.78 is 10.9. The van der Waals surface area contributed by atoms with Gasteiger partial charge in [0, 0.05) is 0 Å². The van der Waals surface area contributed by atoms with Crippen molar-refractivity contribution < 1.29 is 19.1 Å². The summed E-state index contributed by atoms with van der Waals surface area (Å²) in [5.74, 6) is -0.919. The highest BCUT2D eigenvalue weighted by molar-refractivity contribution is 6.10. The van der Waals surface area contributed by atoms with E-state index in [1.54, 1.807) is 48.5 Å². The zero-order valence-corrected chi connectivity index (χ0v) is 15.9. The van der Waals surface area contributed by atoms with Crippen LogP contribution in [0.3, 0.4) is 0 Å². The average molecular weight is 366 g/mol. The number of carbonyl (C=O) groups is 2. The predicted molar refractivity (Wildman–Crippen MR) is 105 cm³/mol. The Labute approximate surface area is 160 Å². The van der Waals surface area contributed by atoms with Crippen molar-refractivity contribution >= 4 is 11.9 Å². The molecule has 0 spiro atoms. The Bertz CT molecular complexity index is 711. The second kappa shape index (κ2) is 9.72. The minimum absolute atomic E-state index is 0.0134. The number of hydrogen-bond donors (Lipinski definition) is 0. The second-order valence-electron chi connectivity index (χ2n) is 6.69. The van der Waals surface area contributed by atoms with Crippen LogP contribution in [0.25, 0.3) is 0 Å². The molecule has 4 nitrogen and oxygen atoms in total. The maximum Gasteiger partial charge on any atom is 0.333 e. The Morgan fingerprint density at radius 1 is 0.926 bits per heavy atom. The van der Waals surface area contributed by atoms with Crippen LogP contribution in [-0.2, 0) is 24.5 Å².